The summed E-state index contributed by atoms with van der Waals surface area (Å²) < 4.78 is 0. The van der Waals surface area contributed by atoms with Gasteiger partial charge in [0.05, 0.1) is 0 Å². The molecule has 0 spiro atoms. The highest BCUT2D eigenvalue weighted by Crippen LogP contribution is 2.19. The standard InChI is InChI=1S/C16H28N4/c1-11(2)15-8-13(5)18-16(19-15)17-9-14-6-7-20(10-14)12(3)4/h8,11-12,14H,6-7,9-10H2,1-5H3,(H,17,18,19). The van der Waals surface area contributed by atoms with Crippen LogP contribution in [0.2, 0.25) is 0 Å². The quantitative estimate of drug-likeness (QED) is 0.897. The molecule has 1 N–H and O–H groups in total. The van der Waals surface area contributed by atoms with Crippen molar-refractivity contribution in [3.05, 3.63) is 17.5 Å². The lowest BCUT2D eigenvalue weighted by Gasteiger charge is -2.20. The molecule has 1 aromatic rings. The molecule has 0 radical (unpaired) electrons. The molecule has 1 aliphatic rings. The zero-order valence-corrected chi connectivity index (χ0v) is 13.5. The number of hydrogen-bond donors (Lipinski definition) is 1. The molecular formula is C16H28N4. The minimum absolute atomic E-state index is 0.445. The lowest BCUT2D eigenvalue weighted by Crippen LogP contribution is -2.29. The van der Waals surface area contributed by atoms with Crippen molar-refractivity contribution in [1.82, 2.24) is 14.9 Å². The molecule has 2 heterocycles. The van der Waals surface area contributed by atoms with Gasteiger partial charge in [0.1, 0.15) is 0 Å². The Morgan fingerprint density at radius 3 is 2.65 bits per heavy atom. The van der Waals surface area contributed by atoms with Gasteiger partial charge in [-0.2, -0.15) is 0 Å². The van der Waals surface area contributed by atoms with Crippen LogP contribution < -0.4 is 5.32 Å². The monoisotopic (exact) mass is 276 g/mol. The number of likely N-dealkylation sites (tertiary alicyclic amines) is 1. The summed E-state index contributed by atoms with van der Waals surface area (Å²) >= 11 is 0. The highest BCUT2D eigenvalue weighted by atomic mass is 15.2. The van der Waals surface area contributed by atoms with Gasteiger partial charge in [-0.3, -0.25) is 0 Å². The number of nitrogens with zero attached hydrogens (tertiary/aromatic N) is 3. The highest BCUT2D eigenvalue weighted by Gasteiger charge is 2.24. The van der Waals surface area contributed by atoms with Gasteiger partial charge in [-0.1, -0.05) is 13.8 Å². The van der Waals surface area contributed by atoms with Crippen LogP contribution >= 0.6 is 0 Å². The Balaban J connectivity index is 1.91. The molecule has 0 amide bonds. The molecule has 4 heteroatoms. The van der Waals surface area contributed by atoms with E-state index in [2.05, 4.69) is 53.9 Å². The van der Waals surface area contributed by atoms with Crippen molar-refractivity contribution >= 4 is 5.95 Å². The second-order valence-electron chi connectivity index (χ2n) is 6.54. The first kappa shape index (κ1) is 15.2. The SMILES string of the molecule is Cc1cc(C(C)C)nc(NCC2CCN(C(C)C)C2)n1. The average molecular weight is 276 g/mol. The summed E-state index contributed by atoms with van der Waals surface area (Å²) in [6.07, 6.45) is 1.27. The summed E-state index contributed by atoms with van der Waals surface area (Å²) in [6, 6.07) is 2.73. The molecule has 4 nitrogen and oxygen atoms in total. The van der Waals surface area contributed by atoms with Crippen LogP contribution in [0.25, 0.3) is 0 Å². The molecule has 1 aromatic heterocycles. The summed E-state index contributed by atoms with van der Waals surface area (Å²) in [5.41, 5.74) is 2.16. The first-order chi connectivity index (χ1) is 9.45. The molecule has 1 fully saturated rings. The Labute approximate surface area is 123 Å². The van der Waals surface area contributed by atoms with E-state index in [-0.39, 0.29) is 0 Å². The zero-order valence-electron chi connectivity index (χ0n) is 13.5. The van der Waals surface area contributed by atoms with E-state index >= 15 is 0 Å². The molecule has 0 aromatic carbocycles. The van der Waals surface area contributed by atoms with Crippen LogP contribution in [0.15, 0.2) is 6.07 Å². The van der Waals surface area contributed by atoms with Crippen LogP contribution in [0.4, 0.5) is 5.95 Å². The maximum Gasteiger partial charge on any atom is 0.223 e. The van der Waals surface area contributed by atoms with Gasteiger partial charge >= 0.3 is 0 Å². The molecule has 0 bridgehead atoms. The molecule has 1 aliphatic heterocycles. The van der Waals surface area contributed by atoms with Crippen LogP contribution in [0.5, 0.6) is 0 Å². The third kappa shape index (κ3) is 3.92. The first-order valence-corrected chi connectivity index (χ1v) is 7.79. The fourth-order valence-corrected chi connectivity index (χ4v) is 2.70. The van der Waals surface area contributed by atoms with E-state index in [9.17, 15) is 0 Å². The summed E-state index contributed by atoms with van der Waals surface area (Å²) in [5, 5.41) is 3.43. The van der Waals surface area contributed by atoms with Crippen LogP contribution in [-0.4, -0.2) is 40.5 Å². The maximum absolute atomic E-state index is 4.61. The number of rotatable bonds is 5. The Morgan fingerprint density at radius 1 is 1.30 bits per heavy atom. The minimum Gasteiger partial charge on any atom is -0.354 e. The summed E-state index contributed by atoms with van der Waals surface area (Å²) in [6.45, 7) is 14.3. The molecule has 0 aliphatic carbocycles. The van der Waals surface area contributed by atoms with Gasteiger partial charge in [-0.05, 0) is 51.6 Å². The van der Waals surface area contributed by atoms with E-state index < -0.39 is 0 Å². The number of nitrogens with one attached hydrogen (secondary N) is 1. The second kappa shape index (κ2) is 6.53. The number of hydrogen-bond acceptors (Lipinski definition) is 4. The van der Waals surface area contributed by atoms with Crippen molar-refractivity contribution in [2.24, 2.45) is 5.92 Å². The Kier molecular flexibility index (Phi) is 4.97. The third-order valence-corrected chi connectivity index (χ3v) is 4.06. The third-order valence-electron chi connectivity index (χ3n) is 4.06. The van der Waals surface area contributed by atoms with E-state index in [0.717, 1.165) is 23.9 Å². The Morgan fingerprint density at radius 2 is 2.05 bits per heavy atom. The summed E-state index contributed by atoms with van der Waals surface area (Å²) in [7, 11) is 0. The van der Waals surface area contributed by atoms with E-state index in [1.165, 1.54) is 19.5 Å². The molecule has 0 saturated carbocycles. The van der Waals surface area contributed by atoms with Crippen molar-refractivity contribution in [3.63, 3.8) is 0 Å². The molecule has 1 atom stereocenters. The van der Waals surface area contributed by atoms with Gasteiger partial charge < -0.3 is 10.2 Å². The molecule has 1 unspecified atom stereocenters. The lowest BCUT2D eigenvalue weighted by atomic mass is 10.1. The molecular weight excluding hydrogens is 248 g/mol. The number of aryl methyl sites for hydroxylation is 1. The fourth-order valence-electron chi connectivity index (χ4n) is 2.70. The predicted octanol–water partition coefficient (Wildman–Crippen LogP) is 3.05. The van der Waals surface area contributed by atoms with Crippen molar-refractivity contribution in [2.45, 2.75) is 53.0 Å². The second-order valence-corrected chi connectivity index (χ2v) is 6.54. The predicted molar refractivity (Wildman–Crippen MR) is 84.2 cm³/mol. The average Bonchev–Trinajstić information content (AvgIpc) is 2.84. The minimum atomic E-state index is 0.445. The summed E-state index contributed by atoms with van der Waals surface area (Å²) in [5.74, 6) is 1.95. The lowest BCUT2D eigenvalue weighted by molar-refractivity contribution is 0.266. The van der Waals surface area contributed by atoms with Gasteiger partial charge in [0, 0.05) is 30.5 Å². The number of anilines is 1. The Bertz CT molecular complexity index is 442. The van der Waals surface area contributed by atoms with Crippen molar-refractivity contribution in [1.29, 1.82) is 0 Å². The zero-order chi connectivity index (χ0) is 14.7. The Hall–Kier alpha value is -1.16. The van der Waals surface area contributed by atoms with E-state index in [4.69, 9.17) is 0 Å². The van der Waals surface area contributed by atoms with Crippen LogP contribution in [-0.2, 0) is 0 Å². The largest absolute Gasteiger partial charge is 0.354 e. The molecule has 1 saturated heterocycles. The van der Waals surface area contributed by atoms with Crippen LogP contribution in [0, 0.1) is 12.8 Å². The van der Waals surface area contributed by atoms with Gasteiger partial charge in [0.25, 0.3) is 0 Å². The molecule has 20 heavy (non-hydrogen) atoms. The van der Waals surface area contributed by atoms with Gasteiger partial charge in [-0.15, -0.1) is 0 Å². The van der Waals surface area contributed by atoms with Crippen LogP contribution in [0.1, 0.15) is 51.4 Å². The molecule has 112 valence electrons. The number of aromatic nitrogens is 2. The highest BCUT2D eigenvalue weighted by molar-refractivity contribution is 5.29. The van der Waals surface area contributed by atoms with Crippen molar-refractivity contribution in [3.8, 4) is 0 Å². The normalized spacial score (nSPS) is 20.1. The van der Waals surface area contributed by atoms with Crippen molar-refractivity contribution in [2.75, 3.05) is 25.0 Å². The van der Waals surface area contributed by atoms with Crippen molar-refractivity contribution < 1.29 is 0 Å². The van der Waals surface area contributed by atoms with Gasteiger partial charge in [0.2, 0.25) is 5.95 Å². The van der Waals surface area contributed by atoms with Crippen LogP contribution in [0.3, 0.4) is 0 Å². The topological polar surface area (TPSA) is 41.1 Å². The fraction of sp³-hybridized carbons (Fsp3) is 0.750. The van der Waals surface area contributed by atoms with Gasteiger partial charge in [-0.25, -0.2) is 9.97 Å². The van der Waals surface area contributed by atoms with E-state index in [1.54, 1.807) is 0 Å². The van der Waals surface area contributed by atoms with Gasteiger partial charge in [0.15, 0.2) is 0 Å². The van der Waals surface area contributed by atoms with E-state index in [1.807, 2.05) is 6.92 Å². The first-order valence-electron chi connectivity index (χ1n) is 7.79. The summed E-state index contributed by atoms with van der Waals surface area (Å²) in [4.78, 5) is 11.7. The van der Waals surface area contributed by atoms with E-state index in [0.29, 0.717) is 17.9 Å². The maximum atomic E-state index is 4.61. The smallest absolute Gasteiger partial charge is 0.223 e. The molecule has 2 rings (SSSR count).